The zero-order valence-electron chi connectivity index (χ0n) is 13.4. The van der Waals surface area contributed by atoms with Crippen molar-refractivity contribution >= 4 is 29.2 Å². The Morgan fingerprint density at radius 1 is 1.17 bits per heavy atom. The molecule has 2 rings (SSSR count). The van der Waals surface area contributed by atoms with Crippen LogP contribution in [0.15, 0.2) is 48.5 Å². The van der Waals surface area contributed by atoms with Crippen LogP contribution in [0.25, 0.3) is 0 Å². The Labute approximate surface area is 145 Å². The number of anilines is 1. The molecular weight excluding hydrogens is 330 g/mol. The molecule has 0 heterocycles. The monoisotopic (exact) mass is 347 g/mol. The summed E-state index contributed by atoms with van der Waals surface area (Å²) in [4.78, 5) is 23.7. The van der Waals surface area contributed by atoms with Gasteiger partial charge >= 0.3 is 5.97 Å². The standard InChI is InChI=1S/C18H18ClNO4/c1-12-6-5-7-14(10-12)24-13(2)18(22)23-11-17(21)20-16-9-4-3-8-15(16)19/h3-10,13H,11H2,1-2H3,(H,20,21)/t13-/m0/s1. The first-order valence-electron chi connectivity index (χ1n) is 7.40. The molecular formula is C18H18ClNO4. The van der Waals surface area contributed by atoms with Gasteiger partial charge in [-0.15, -0.1) is 0 Å². The average molecular weight is 348 g/mol. The van der Waals surface area contributed by atoms with Gasteiger partial charge in [-0.05, 0) is 43.7 Å². The molecule has 0 unspecified atom stereocenters. The number of halogens is 1. The molecule has 1 amide bonds. The summed E-state index contributed by atoms with van der Waals surface area (Å²) in [7, 11) is 0. The fourth-order valence-electron chi connectivity index (χ4n) is 1.94. The summed E-state index contributed by atoms with van der Waals surface area (Å²) >= 11 is 5.94. The van der Waals surface area contributed by atoms with E-state index in [4.69, 9.17) is 21.1 Å². The Bertz CT molecular complexity index is 732. The van der Waals surface area contributed by atoms with E-state index < -0.39 is 24.6 Å². The first-order valence-corrected chi connectivity index (χ1v) is 7.78. The average Bonchev–Trinajstić information content (AvgIpc) is 2.54. The molecule has 2 aromatic carbocycles. The SMILES string of the molecule is Cc1cccc(O[C@@H](C)C(=O)OCC(=O)Nc2ccccc2Cl)c1. The van der Waals surface area contributed by atoms with Gasteiger partial charge in [-0.1, -0.05) is 35.9 Å². The van der Waals surface area contributed by atoms with Gasteiger partial charge in [-0.25, -0.2) is 4.79 Å². The normalized spacial score (nSPS) is 11.5. The number of hydrogen-bond donors (Lipinski definition) is 1. The third-order valence-electron chi connectivity index (χ3n) is 3.13. The third kappa shape index (κ3) is 5.28. The Kier molecular flexibility index (Phi) is 6.21. The van der Waals surface area contributed by atoms with Gasteiger partial charge in [0, 0.05) is 0 Å². The van der Waals surface area contributed by atoms with E-state index in [-0.39, 0.29) is 0 Å². The van der Waals surface area contributed by atoms with E-state index in [1.807, 2.05) is 25.1 Å². The van der Waals surface area contributed by atoms with Crippen LogP contribution in [0.2, 0.25) is 5.02 Å². The number of hydrogen-bond acceptors (Lipinski definition) is 4. The molecule has 5 nitrogen and oxygen atoms in total. The van der Waals surface area contributed by atoms with Gasteiger partial charge in [-0.2, -0.15) is 0 Å². The Hall–Kier alpha value is -2.53. The van der Waals surface area contributed by atoms with E-state index in [0.29, 0.717) is 16.5 Å². The molecule has 0 saturated heterocycles. The topological polar surface area (TPSA) is 64.6 Å². The van der Waals surface area contributed by atoms with E-state index in [0.717, 1.165) is 5.56 Å². The molecule has 6 heteroatoms. The zero-order valence-corrected chi connectivity index (χ0v) is 14.2. The molecule has 0 radical (unpaired) electrons. The molecule has 0 spiro atoms. The largest absolute Gasteiger partial charge is 0.479 e. The van der Waals surface area contributed by atoms with Gasteiger partial charge in [0.25, 0.3) is 5.91 Å². The molecule has 0 bridgehead atoms. The van der Waals surface area contributed by atoms with Gasteiger partial charge < -0.3 is 14.8 Å². The quantitative estimate of drug-likeness (QED) is 0.811. The van der Waals surface area contributed by atoms with E-state index in [2.05, 4.69) is 5.32 Å². The van der Waals surface area contributed by atoms with E-state index in [9.17, 15) is 9.59 Å². The van der Waals surface area contributed by atoms with E-state index in [1.165, 1.54) is 0 Å². The maximum Gasteiger partial charge on any atom is 0.347 e. The van der Waals surface area contributed by atoms with Crippen LogP contribution >= 0.6 is 11.6 Å². The second-order valence-corrected chi connectivity index (χ2v) is 5.62. The first-order chi connectivity index (χ1) is 11.5. The Morgan fingerprint density at radius 2 is 1.92 bits per heavy atom. The molecule has 1 atom stereocenters. The smallest absolute Gasteiger partial charge is 0.347 e. The lowest BCUT2D eigenvalue weighted by atomic mass is 10.2. The molecule has 0 aromatic heterocycles. The van der Waals surface area contributed by atoms with Crippen molar-refractivity contribution in [3.05, 3.63) is 59.1 Å². The molecule has 0 saturated carbocycles. The number of ether oxygens (including phenoxy) is 2. The van der Waals surface area contributed by atoms with Crippen molar-refractivity contribution < 1.29 is 19.1 Å². The molecule has 0 aliphatic rings. The maximum atomic E-state index is 11.9. The van der Waals surface area contributed by atoms with Crippen LogP contribution in [0.1, 0.15) is 12.5 Å². The number of rotatable bonds is 6. The van der Waals surface area contributed by atoms with E-state index >= 15 is 0 Å². The summed E-state index contributed by atoms with van der Waals surface area (Å²) < 4.78 is 10.5. The predicted molar refractivity (Wildman–Crippen MR) is 92.3 cm³/mol. The van der Waals surface area contributed by atoms with Crippen LogP contribution in [0.3, 0.4) is 0 Å². The maximum absolute atomic E-state index is 11.9. The number of para-hydroxylation sites is 1. The van der Waals surface area contributed by atoms with Crippen molar-refractivity contribution in [1.82, 2.24) is 0 Å². The van der Waals surface area contributed by atoms with Crippen molar-refractivity contribution in [3.8, 4) is 5.75 Å². The van der Waals surface area contributed by atoms with Crippen LogP contribution in [-0.2, 0) is 14.3 Å². The number of amides is 1. The van der Waals surface area contributed by atoms with Crippen molar-refractivity contribution in [3.63, 3.8) is 0 Å². The van der Waals surface area contributed by atoms with Crippen LogP contribution in [0, 0.1) is 6.92 Å². The minimum Gasteiger partial charge on any atom is -0.479 e. The van der Waals surface area contributed by atoms with Gasteiger partial charge in [0.05, 0.1) is 10.7 Å². The second kappa shape index (κ2) is 8.36. The number of aryl methyl sites for hydroxylation is 1. The fraction of sp³-hybridized carbons (Fsp3) is 0.222. The van der Waals surface area contributed by atoms with Crippen LogP contribution in [0.5, 0.6) is 5.75 Å². The molecule has 1 N–H and O–H groups in total. The van der Waals surface area contributed by atoms with Crippen LogP contribution in [-0.4, -0.2) is 24.6 Å². The van der Waals surface area contributed by atoms with Gasteiger partial charge in [-0.3, -0.25) is 4.79 Å². The Balaban J connectivity index is 1.81. The Morgan fingerprint density at radius 3 is 2.62 bits per heavy atom. The van der Waals surface area contributed by atoms with Crippen molar-refractivity contribution in [2.75, 3.05) is 11.9 Å². The molecule has 0 aliphatic carbocycles. The lowest BCUT2D eigenvalue weighted by Gasteiger charge is -2.14. The summed E-state index contributed by atoms with van der Waals surface area (Å²) in [5.41, 5.74) is 1.48. The number of carbonyl (C=O) groups excluding carboxylic acids is 2. The highest BCUT2D eigenvalue weighted by molar-refractivity contribution is 6.33. The minimum atomic E-state index is -0.820. The van der Waals surface area contributed by atoms with Gasteiger partial charge in [0.1, 0.15) is 5.75 Å². The van der Waals surface area contributed by atoms with Crippen molar-refractivity contribution in [2.45, 2.75) is 20.0 Å². The minimum absolute atomic E-state index is 0.410. The highest BCUT2D eigenvalue weighted by Gasteiger charge is 2.18. The highest BCUT2D eigenvalue weighted by Crippen LogP contribution is 2.20. The third-order valence-corrected chi connectivity index (χ3v) is 3.46. The number of carbonyl (C=O) groups is 2. The summed E-state index contributed by atoms with van der Waals surface area (Å²) in [5.74, 6) is -0.523. The lowest BCUT2D eigenvalue weighted by Crippen LogP contribution is -2.29. The number of benzene rings is 2. The van der Waals surface area contributed by atoms with Gasteiger partial charge in [0.2, 0.25) is 0 Å². The zero-order chi connectivity index (χ0) is 17.5. The van der Waals surface area contributed by atoms with Crippen molar-refractivity contribution in [1.29, 1.82) is 0 Å². The molecule has 24 heavy (non-hydrogen) atoms. The predicted octanol–water partition coefficient (Wildman–Crippen LogP) is 3.60. The molecule has 0 fully saturated rings. The number of nitrogens with one attached hydrogen (secondary N) is 1. The second-order valence-electron chi connectivity index (χ2n) is 5.21. The summed E-state index contributed by atoms with van der Waals surface area (Å²) in [6, 6.07) is 14.1. The fourth-order valence-corrected chi connectivity index (χ4v) is 2.13. The van der Waals surface area contributed by atoms with E-state index in [1.54, 1.807) is 37.3 Å². The number of esters is 1. The molecule has 126 valence electrons. The molecule has 0 aliphatic heterocycles. The van der Waals surface area contributed by atoms with Crippen LogP contribution in [0.4, 0.5) is 5.69 Å². The van der Waals surface area contributed by atoms with Gasteiger partial charge in [0.15, 0.2) is 12.7 Å². The van der Waals surface area contributed by atoms with Crippen LogP contribution < -0.4 is 10.1 Å². The summed E-state index contributed by atoms with van der Waals surface area (Å²) in [6.07, 6.45) is -0.820. The lowest BCUT2D eigenvalue weighted by molar-refractivity contribution is -0.153. The highest BCUT2D eigenvalue weighted by atomic mass is 35.5. The first kappa shape index (κ1) is 17.8. The summed E-state index contributed by atoms with van der Waals surface area (Å²) in [5, 5.41) is 2.98. The summed E-state index contributed by atoms with van der Waals surface area (Å²) in [6.45, 7) is 3.08. The van der Waals surface area contributed by atoms with Crippen molar-refractivity contribution in [2.24, 2.45) is 0 Å². The molecule has 2 aromatic rings.